The van der Waals surface area contributed by atoms with Crippen molar-refractivity contribution in [3.05, 3.63) is 63.7 Å². The molecule has 0 bridgehead atoms. The maximum Gasteiger partial charge on any atom is 0.261 e. The Kier molecular flexibility index (Phi) is 6.01. The minimum absolute atomic E-state index is 0.0780. The number of hydrogen-bond donors (Lipinski definition) is 0. The molecule has 3 aromatic rings. The molecule has 30 heavy (non-hydrogen) atoms. The highest BCUT2D eigenvalue weighted by Gasteiger charge is 2.19. The molecule has 7 nitrogen and oxygen atoms in total. The third kappa shape index (κ3) is 4.17. The lowest BCUT2D eigenvalue weighted by molar-refractivity contribution is 0.0325. The van der Waals surface area contributed by atoms with Crippen molar-refractivity contribution in [2.75, 3.05) is 40.5 Å². The molecule has 0 amide bonds. The first-order valence-electron chi connectivity index (χ1n) is 10.1. The molecular weight excluding hydrogens is 382 g/mol. The van der Waals surface area contributed by atoms with E-state index in [0.29, 0.717) is 48.7 Å². The first-order valence-corrected chi connectivity index (χ1v) is 10.1. The van der Waals surface area contributed by atoms with Gasteiger partial charge in [0.1, 0.15) is 5.82 Å². The number of hydrogen-bond acceptors (Lipinski definition) is 6. The predicted octanol–water partition coefficient (Wildman–Crippen LogP) is 2.60. The molecule has 0 unspecified atom stereocenters. The van der Waals surface area contributed by atoms with E-state index in [1.54, 1.807) is 30.9 Å². The summed E-state index contributed by atoms with van der Waals surface area (Å²) in [5.74, 6) is 1.82. The predicted molar refractivity (Wildman–Crippen MR) is 115 cm³/mol. The van der Waals surface area contributed by atoms with Crippen LogP contribution in [0.2, 0.25) is 0 Å². The highest BCUT2D eigenvalue weighted by atomic mass is 16.5. The zero-order valence-corrected chi connectivity index (χ0v) is 17.7. The molecule has 4 rings (SSSR count). The van der Waals surface area contributed by atoms with E-state index >= 15 is 0 Å². The smallest absolute Gasteiger partial charge is 0.261 e. The lowest BCUT2D eigenvalue weighted by Gasteiger charge is -2.27. The molecule has 1 aliphatic heterocycles. The van der Waals surface area contributed by atoms with Crippen LogP contribution in [-0.4, -0.2) is 55.0 Å². The summed E-state index contributed by atoms with van der Waals surface area (Å²) < 4.78 is 18.1. The maximum absolute atomic E-state index is 13.5. The number of aryl methyl sites for hydroxylation is 1. The van der Waals surface area contributed by atoms with Crippen molar-refractivity contribution in [1.29, 1.82) is 0 Å². The molecule has 2 heterocycles. The van der Waals surface area contributed by atoms with Crippen LogP contribution < -0.4 is 15.0 Å². The van der Waals surface area contributed by atoms with E-state index < -0.39 is 0 Å². The Bertz CT molecular complexity index is 1100. The number of rotatable bonds is 6. The Morgan fingerprint density at radius 1 is 1.03 bits per heavy atom. The fraction of sp³-hybridized carbons (Fsp3) is 0.391. The third-order valence-corrected chi connectivity index (χ3v) is 5.43. The summed E-state index contributed by atoms with van der Waals surface area (Å²) in [7, 11) is 3.15. The quantitative estimate of drug-likeness (QED) is 0.624. The monoisotopic (exact) mass is 409 g/mol. The zero-order chi connectivity index (χ0) is 21.1. The first-order chi connectivity index (χ1) is 14.6. The Labute approximate surface area is 175 Å². The summed E-state index contributed by atoms with van der Waals surface area (Å²) in [5, 5.41) is 0.519. The lowest BCUT2D eigenvalue weighted by Crippen LogP contribution is -2.38. The van der Waals surface area contributed by atoms with Crippen LogP contribution >= 0.6 is 0 Å². The van der Waals surface area contributed by atoms with Gasteiger partial charge in [-0.05, 0) is 18.6 Å². The minimum Gasteiger partial charge on any atom is -0.493 e. The number of ether oxygens (including phenoxy) is 3. The van der Waals surface area contributed by atoms with Crippen molar-refractivity contribution in [3.63, 3.8) is 0 Å². The minimum atomic E-state index is -0.0780. The Hall–Kier alpha value is -2.90. The van der Waals surface area contributed by atoms with Gasteiger partial charge in [-0.2, -0.15) is 0 Å². The van der Waals surface area contributed by atoms with Gasteiger partial charge in [0, 0.05) is 19.2 Å². The first kappa shape index (κ1) is 20.4. The summed E-state index contributed by atoms with van der Waals surface area (Å²) in [6.45, 7) is 6.15. The molecule has 1 aliphatic rings. The molecule has 1 saturated heterocycles. The summed E-state index contributed by atoms with van der Waals surface area (Å²) in [5.41, 5.74) is 2.77. The molecule has 1 fully saturated rings. The molecule has 2 aromatic carbocycles. The van der Waals surface area contributed by atoms with Gasteiger partial charge in [0.15, 0.2) is 11.5 Å². The topological polar surface area (TPSA) is 65.8 Å². The van der Waals surface area contributed by atoms with Gasteiger partial charge in [-0.3, -0.25) is 14.3 Å². The van der Waals surface area contributed by atoms with Crippen molar-refractivity contribution in [2.24, 2.45) is 0 Å². The molecule has 0 spiro atoms. The maximum atomic E-state index is 13.5. The number of benzene rings is 2. The lowest BCUT2D eigenvalue weighted by atomic mass is 10.1. The molecular formula is C23H27N3O4. The molecule has 0 saturated carbocycles. The molecule has 0 atom stereocenters. The van der Waals surface area contributed by atoms with E-state index in [0.717, 1.165) is 30.0 Å². The SMILES string of the molecule is COc1cc2nc(CN3CCOCC3)n(Cc3cccc(C)c3)c(=O)c2cc1OC. The summed E-state index contributed by atoms with van der Waals surface area (Å²) in [6.07, 6.45) is 0. The van der Waals surface area contributed by atoms with Gasteiger partial charge in [0.05, 0.1) is 51.4 Å². The van der Waals surface area contributed by atoms with Crippen molar-refractivity contribution >= 4 is 10.9 Å². The van der Waals surface area contributed by atoms with E-state index in [4.69, 9.17) is 19.2 Å². The zero-order valence-electron chi connectivity index (χ0n) is 17.7. The van der Waals surface area contributed by atoms with Gasteiger partial charge in [-0.25, -0.2) is 4.98 Å². The number of morpholine rings is 1. The van der Waals surface area contributed by atoms with Crippen molar-refractivity contribution in [3.8, 4) is 11.5 Å². The van der Waals surface area contributed by atoms with E-state index in [1.807, 2.05) is 12.1 Å². The van der Waals surface area contributed by atoms with Crippen LogP contribution in [0.3, 0.4) is 0 Å². The molecule has 158 valence electrons. The van der Waals surface area contributed by atoms with Crippen LogP contribution in [-0.2, 0) is 17.8 Å². The highest BCUT2D eigenvalue weighted by molar-refractivity contribution is 5.82. The number of fused-ring (bicyclic) bond motifs is 1. The van der Waals surface area contributed by atoms with Crippen LogP contribution in [0, 0.1) is 6.92 Å². The molecule has 0 N–H and O–H groups in total. The molecule has 0 radical (unpaired) electrons. The number of methoxy groups -OCH3 is 2. The average Bonchev–Trinajstić information content (AvgIpc) is 2.76. The largest absolute Gasteiger partial charge is 0.493 e. The van der Waals surface area contributed by atoms with E-state index in [-0.39, 0.29) is 5.56 Å². The number of nitrogens with zero attached hydrogens (tertiary/aromatic N) is 3. The van der Waals surface area contributed by atoms with Gasteiger partial charge in [-0.1, -0.05) is 29.8 Å². The van der Waals surface area contributed by atoms with Gasteiger partial charge in [-0.15, -0.1) is 0 Å². The Morgan fingerprint density at radius 2 is 1.77 bits per heavy atom. The van der Waals surface area contributed by atoms with Gasteiger partial charge in [0.2, 0.25) is 0 Å². The second-order valence-electron chi connectivity index (χ2n) is 7.52. The summed E-state index contributed by atoms with van der Waals surface area (Å²) in [4.78, 5) is 20.7. The Morgan fingerprint density at radius 3 is 2.47 bits per heavy atom. The average molecular weight is 409 g/mol. The molecule has 0 aliphatic carbocycles. The van der Waals surface area contributed by atoms with Crippen LogP contribution in [0.25, 0.3) is 10.9 Å². The second-order valence-corrected chi connectivity index (χ2v) is 7.52. The normalized spacial score (nSPS) is 14.8. The molecule has 7 heteroatoms. The third-order valence-electron chi connectivity index (χ3n) is 5.43. The van der Waals surface area contributed by atoms with E-state index in [2.05, 4.69) is 24.0 Å². The van der Waals surface area contributed by atoms with Crippen molar-refractivity contribution in [2.45, 2.75) is 20.0 Å². The van der Waals surface area contributed by atoms with Gasteiger partial charge >= 0.3 is 0 Å². The van der Waals surface area contributed by atoms with E-state index in [1.165, 1.54) is 0 Å². The standard InChI is InChI=1S/C23H27N3O4/c1-16-5-4-6-17(11-16)14-26-22(15-25-7-9-30-10-8-25)24-19-13-21(29-3)20(28-2)12-18(19)23(26)27/h4-6,11-13H,7-10,14-15H2,1-3H3. The van der Waals surface area contributed by atoms with Crippen molar-refractivity contribution in [1.82, 2.24) is 14.5 Å². The van der Waals surface area contributed by atoms with E-state index in [9.17, 15) is 4.79 Å². The van der Waals surface area contributed by atoms with Crippen LogP contribution in [0.1, 0.15) is 17.0 Å². The number of aromatic nitrogens is 2. The second kappa shape index (κ2) is 8.85. The van der Waals surface area contributed by atoms with Crippen molar-refractivity contribution < 1.29 is 14.2 Å². The van der Waals surface area contributed by atoms with Crippen LogP contribution in [0.15, 0.2) is 41.2 Å². The van der Waals surface area contributed by atoms with Crippen LogP contribution in [0.5, 0.6) is 11.5 Å². The summed E-state index contributed by atoms with van der Waals surface area (Å²) in [6, 6.07) is 11.7. The summed E-state index contributed by atoms with van der Waals surface area (Å²) >= 11 is 0. The fourth-order valence-corrected chi connectivity index (χ4v) is 3.83. The fourth-order valence-electron chi connectivity index (χ4n) is 3.83. The van der Waals surface area contributed by atoms with Gasteiger partial charge in [0.25, 0.3) is 5.56 Å². The molecule has 1 aromatic heterocycles. The Balaban J connectivity index is 1.84. The highest BCUT2D eigenvalue weighted by Crippen LogP contribution is 2.30. The van der Waals surface area contributed by atoms with Gasteiger partial charge < -0.3 is 14.2 Å². The van der Waals surface area contributed by atoms with Crippen LogP contribution in [0.4, 0.5) is 0 Å².